The maximum atomic E-state index is 13.7. The topological polar surface area (TPSA) is 80.1 Å². The third-order valence-corrected chi connectivity index (χ3v) is 6.24. The lowest BCUT2D eigenvalue weighted by atomic mass is 9.96. The van der Waals surface area contributed by atoms with Crippen molar-refractivity contribution in [2.45, 2.75) is 71.5 Å². The zero-order valence-corrected chi connectivity index (χ0v) is 20.5. The van der Waals surface area contributed by atoms with Gasteiger partial charge >= 0.3 is 17.8 Å². The second-order valence-corrected chi connectivity index (χ2v) is 8.81. The van der Waals surface area contributed by atoms with Crippen LogP contribution in [0.2, 0.25) is 0 Å². The number of hydrogen-bond acceptors (Lipinski definition) is 5. The van der Waals surface area contributed by atoms with Gasteiger partial charge in [0, 0.05) is 30.6 Å². The van der Waals surface area contributed by atoms with E-state index in [-0.39, 0.29) is 36.1 Å². The minimum Gasteiger partial charge on any atom is -0.493 e. The van der Waals surface area contributed by atoms with Gasteiger partial charge in [-0.3, -0.25) is 9.69 Å². The number of carbonyl (C=O) groups excluding carboxylic acids is 2. The molecular weight excluding hydrogens is 465 g/mol. The third kappa shape index (κ3) is 5.46. The van der Waals surface area contributed by atoms with Gasteiger partial charge in [0.25, 0.3) is 5.91 Å². The molecule has 2 heterocycles. The Bertz CT molecular complexity index is 1140. The highest BCUT2D eigenvalue weighted by Crippen LogP contribution is 2.40. The molecule has 0 spiro atoms. The number of nitrogens with zero attached hydrogens (tertiary/aromatic N) is 2. The molecule has 0 saturated carbocycles. The number of aryl methyl sites for hydroxylation is 2. The summed E-state index contributed by atoms with van der Waals surface area (Å²) < 4.78 is 52.4. The molecule has 1 fully saturated rings. The van der Waals surface area contributed by atoms with Crippen molar-refractivity contribution in [3.05, 3.63) is 39.2 Å². The van der Waals surface area contributed by atoms with Gasteiger partial charge in [0.15, 0.2) is 0 Å². The van der Waals surface area contributed by atoms with Crippen molar-refractivity contribution < 1.29 is 31.9 Å². The monoisotopic (exact) mass is 496 g/mol. The fourth-order valence-electron chi connectivity index (χ4n) is 4.35. The maximum absolute atomic E-state index is 13.7. The molecule has 10 heteroatoms. The Kier molecular flexibility index (Phi) is 8.12. The standard InChI is InChI=1S/C25H31F3N2O5/c1-5-9-16-13-18-19(25(26,27)28)14-20(31)35-22(18)17(10-6-2)21(16)34-12-8-7-11-30-23(32)15(3)29(4)24(30)33/h13-15H,5-12H2,1-4H3. The van der Waals surface area contributed by atoms with Gasteiger partial charge in [-0.15, -0.1) is 0 Å². The Morgan fingerprint density at radius 3 is 2.31 bits per heavy atom. The van der Waals surface area contributed by atoms with Gasteiger partial charge in [-0.05, 0) is 44.2 Å². The summed E-state index contributed by atoms with van der Waals surface area (Å²) in [6, 6.07) is 1.09. The number of rotatable bonds is 10. The summed E-state index contributed by atoms with van der Waals surface area (Å²) in [5.74, 6) is 0.212. The lowest BCUT2D eigenvalue weighted by Gasteiger charge is -2.19. The summed E-state index contributed by atoms with van der Waals surface area (Å²) >= 11 is 0. The first kappa shape index (κ1) is 26.6. The van der Waals surface area contributed by atoms with Gasteiger partial charge < -0.3 is 14.1 Å². The van der Waals surface area contributed by atoms with Crippen molar-refractivity contribution in [1.29, 1.82) is 0 Å². The summed E-state index contributed by atoms with van der Waals surface area (Å²) in [7, 11) is 1.58. The van der Waals surface area contributed by atoms with Crippen LogP contribution in [0, 0.1) is 0 Å². The Morgan fingerprint density at radius 1 is 1.06 bits per heavy atom. The molecule has 1 aromatic heterocycles. The lowest BCUT2D eigenvalue weighted by Crippen LogP contribution is -2.32. The quantitative estimate of drug-likeness (QED) is 0.258. The second kappa shape index (κ2) is 10.7. The van der Waals surface area contributed by atoms with Crippen LogP contribution >= 0.6 is 0 Å². The molecule has 3 rings (SSSR count). The molecule has 0 aliphatic carbocycles. The van der Waals surface area contributed by atoms with Crippen molar-refractivity contribution in [3.63, 3.8) is 0 Å². The average molecular weight is 497 g/mol. The molecule has 0 bridgehead atoms. The fourth-order valence-corrected chi connectivity index (χ4v) is 4.35. The van der Waals surface area contributed by atoms with Gasteiger partial charge in [0.1, 0.15) is 17.4 Å². The molecule has 1 atom stereocenters. The van der Waals surface area contributed by atoms with Crippen LogP contribution in [0.3, 0.4) is 0 Å². The minimum atomic E-state index is -4.69. The Labute approximate surface area is 201 Å². The highest BCUT2D eigenvalue weighted by Gasteiger charge is 2.39. The van der Waals surface area contributed by atoms with Crippen LogP contribution in [-0.4, -0.2) is 48.0 Å². The van der Waals surface area contributed by atoms with E-state index in [1.165, 1.54) is 15.9 Å². The number of likely N-dealkylation sites (N-methyl/N-ethyl adjacent to an activating group) is 1. The highest BCUT2D eigenvalue weighted by atomic mass is 19.4. The van der Waals surface area contributed by atoms with E-state index in [9.17, 15) is 27.6 Å². The molecule has 0 N–H and O–H groups in total. The number of halogens is 3. The molecule has 192 valence electrons. The van der Waals surface area contributed by atoms with E-state index < -0.39 is 23.4 Å². The van der Waals surface area contributed by atoms with E-state index in [0.717, 1.165) is 0 Å². The summed E-state index contributed by atoms with van der Waals surface area (Å²) in [6.07, 6.45) is -1.46. The SMILES string of the molecule is CCCc1cc2c(C(F)(F)F)cc(=O)oc2c(CCC)c1OCCCCN1C(=O)C(C)N(C)C1=O. The van der Waals surface area contributed by atoms with Gasteiger partial charge in [0.05, 0.1) is 12.2 Å². The van der Waals surface area contributed by atoms with Crippen molar-refractivity contribution in [2.75, 3.05) is 20.2 Å². The molecule has 0 radical (unpaired) electrons. The lowest BCUT2D eigenvalue weighted by molar-refractivity contribution is -0.136. The van der Waals surface area contributed by atoms with Crippen LogP contribution in [0.25, 0.3) is 11.0 Å². The van der Waals surface area contributed by atoms with E-state index in [2.05, 4.69) is 0 Å². The number of hydrogen-bond donors (Lipinski definition) is 0. The van der Waals surface area contributed by atoms with E-state index >= 15 is 0 Å². The van der Waals surface area contributed by atoms with Crippen molar-refractivity contribution >= 4 is 22.9 Å². The number of unbranched alkanes of at least 4 members (excludes halogenated alkanes) is 1. The van der Waals surface area contributed by atoms with E-state index in [1.54, 1.807) is 14.0 Å². The molecule has 1 aliphatic heterocycles. The zero-order chi connectivity index (χ0) is 25.9. The van der Waals surface area contributed by atoms with Crippen LogP contribution in [-0.2, 0) is 23.8 Å². The van der Waals surface area contributed by atoms with Crippen molar-refractivity contribution in [3.8, 4) is 5.75 Å². The molecule has 7 nitrogen and oxygen atoms in total. The number of imide groups is 1. The van der Waals surface area contributed by atoms with Crippen LogP contribution in [0.15, 0.2) is 21.3 Å². The van der Waals surface area contributed by atoms with E-state index in [1.807, 2.05) is 13.8 Å². The summed E-state index contributed by atoms with van der Waals surface area (Å²) in [5.41, 5.74) is -1.08. The molecular formula is C25H31F3N2O5. The van der Waals surface area contributed by atoms with Gasteiger partial charge in [-0.25, -0.2) is 9.59 Å². The number of carbonyl (C=O) groups is 2. The molecule has 1 aliphatic rings. The van der Waals surface area contributed by atoms with Crippen molar-refractivity contribution in [2.24, 2.45) is 0 Å². The number of urea groups is 1. The van der Waals surface area contributed by atoms with E-state index in [4.69, 9.17) is 9.15 Å². The molecule has 1 aromatic carbocycles. The van der Waals surface area contributed by atoms with Gasteiger partial charge in [0.2, 0.25) is 0 Å². The number of benzene rings is 1. The fraction of sp³-hybridized carbons (Fsp3) is 0.560. The Balaban J connectivity index is 1.86. The van der Waals surface area contributed by atoms with E-state index in [0.29, 0.717) is 61.5 Å². The molecule has 2 aromatic rings. The summed E-state index contributed by atoms with van der Waals surface area (Å²) in [4.78, 5) is 39.0. The van der Waals surface area contributed by atoms with Crippen LogP contribution in [0.4, 0.5) is 18.0 Å². The Morgan fingerprint density at radius 2 is 1.74 bits per heavy atom. The first-order valence-corrected chi connectivity index (χ1v) is 11.9. The predicted molar refractivity (Wildman–Crippen MR) is 125 cm³/mol. The maximum Gasteiger partial charge on any atom is 0.417 e. The summed E-state index contributed by atoms with van der Waals surface area (Å²) in [5, 5.41) is -0.138. The Hall–Kier alpha value is -3.04. The van der Waals surface area contributed by atoms with Crippen LogP contribution < -0.4 is 10.4 Å². The first-order valence-electron chi connectivity index (χ1n) is 11.9. The van der Waals surface area contributed by atoms with Gasteiger partial charge in [-0.1, -0.05) is 26.7 Å². The highest BCUT2D eigenvalue weighted by molar-refractivity contribution is 6.03. The molecule has 35 heavy (non-hydrogen) atoms. The van der Waals surface area contributed by atoms with Crippen LogP contribution in [0.5, 0.6) is 5.75 Å². The second-order valence-electron chi connectivity index (χ2n) is 8.81. The van der Waals surface area contributed by atoms with Crippen LogP contribution in [0.1, 0.15) is 63.1 Å². The normalized spacial score (nSPS) is 16.6. The molecule has 3 amide bonds. The number of ether oxygens (including phenoxy) is 1. The first-order chi connectivity index (χ1) is 16.5. The third-order valence-electron chi connectivity index (χ3n) is 6.24. The molecule has 1 saturated heterocycles. The van der Waals surface area contributed by atoms with Gasteiger partial charge in [-0.2, -0.15) is 13.2 Å². The average Bonchev–Trinajstić information content (AvgIpc) is 2.97. The predicted octanol–water partition coefficient (Wildman–Crippen LogP) is 5.16. The largest absolute Gasteiger partial charge is 0.493 e. The number of amides is 3. The summed E-state index contributed by atoms with van der Waals surface area (Å²) in [6.45, 7) is 5.99. The van der Waals surface area contributed by atoms with Crippen molar-refractivity contribution in [1.82, 2.24) is 9.80 Å². The zero-order valence-electron chi connectivity index (χ0n) is 20.5. The number of alkyl halides is 3. The molecule has 1 unspecified atom stereocenters. The minimum absolute atomic E-state index is 0.0909. The number of fused-ring (bicyclic) bond motifs is 1. The smallest absolute Gasteiger partial charge is 0.417 e.